The number of piperidine rings is 1. The van der Waals surface area contributed by atoms with Gasteiger partial charge in [-0.3, -0.25) is 10.2 Å². The number of nitrogens with zero attached hydrogens (tertiary/aromatic N) is 2. The number of rotatable bonds is 1. The van der Waals surface area contributed by atoms with Crippen LogP contribution in [0.5, 0.6) is 0 Å². The summed E-state index contributed by atoms with van der Waals surface area (Å²) in [7, 11) is 0. The average Bonchev–Trinajstić information content (AvgIpc) is 2.71. The van der Waals surface area contributed by atoms with Crippen molar-refractivity contribution in [3.05, 3.63) is 0 Å². The minimum Gasteiger partial charge on any atom is -0.343 e. The van der Waals surface area contributed by atoms with Crippen molar-refractivity contribution in [3.8, 4) is 0 Å². The molecule has 0 aromatic heterocycles. The van der Waals surface area contributed by atoms with Crippen LogP contribution in [0, 0.1) is 5.92 Å². The Bertz CT molecular complexity index is 256. The third-order valence-electron chi connectivity index (χ3n) is 2.75. The molecule has 1 amide bonds. The largest absolute Gasteiger partial charge is 0.343 e. The van der Waals surface area contributed by atoms with E-state index < -0.39 is 0 Å². The van der Waals surface area contributed by atoms with Crippen LogP contribution in [0.2, 0.25) is 0 Å². The highest BCUT2D eigenvalue weighted by atomic mass is 16.2. The van der Waals surface area contributed by atoms with Crippen molar-refractivity contribution < 1.29 is 4.79 Å². The third kappa shape index (κ3) is 1.79. The molecule has 0 saturated carbocycles. The molecular formula is C8H15N5O. The number of carbonyl (C=O) groups excluding carboxylic acids is 1. The fourth-order valence-electron chi connectivity index (χ4n) is 1.87. The van der Waals surface area contributed by atoms with Gasteiger partial charge in [0.15, 0.2) is 0 Å². The van der Waals surface area contributed by atoms with Crippen LogP contribution in [0.4, 0.5) is 0 Å². The van der Waals surface area contributed by atoms with Crippen molar-refractivity contribution >= 4 is 11.7 Å². The van der Waals surface area contributed by atoms with Crippen LogP contribution < -0.4 is 16.5 Å². The van der Waals surface area contributed by atoms with Gasteiger partial charge in [0.05, 0.1) is 0 Å². The lowest BCUT2D eigenvalue weighted by Crippen LogP contribution is -2.43. The summed E-state index contributed by atoms with van der Waals surface area (Å²) < 4.78 is 0. The molecule has 78 valence electrons. The van der Waals surface area contributed by atoms with Crippen LogP contribution in [-0.4, -0.2) is 29.7 Å². The first-order chi connectivity index (χ1) is 6.77. The van der Waals surface area contributed by atoms with Crippen molar-refractivity contribution in [3.63, 3.8) is 0 Å². The minimum atomic E-state index is 0.168. The summed E-state index contributed by atoms with van der Waals surface area (Å²) >= 11 is 0. The highest BCUT2D eigenvalue weighted by molar-refractivity contribution is 5.85. The quantitative estimate of drug-likeness (QED) is 0.513. The molecule has 14 heavy (non-hydrogen) atoms. The Morgan fingerprint density at radius 3 is 2.71 bits per heavy atom. The molecule has 0 aliphatic carbocycles. The zero-order valence-electron chi connectivity index (χ0n) is 8.21. The molecule has 6 nitrogen and oxygen atoms in total. The molecule has 2 heterocycles. The number of hydrogen-bond acceptors (Lipinski definition) is 5. The highest BCUT2D eigenvalue weighted by Crippen LogP contribution is 2.18. The van der Waals surface area contributed by atoms with E-state index in [1.807, 2.05) is 4.90 Å². The Labute approximate surface area is 82.7 Å². The first-order valence-electron chi connectivity index (χ1n) is 4.86. The van der Waals surface area contributed by atoms with E-state index in [9.17, 15) is 4.79 Å². The van der Waals surface area contributed by atoms with Crippen molar-refractivity contribution in [2.45, 2.75) is 19.8 Å². The van der Waals surface area contributed by atoms with Crippen molar-refractivity contribution in [2.24, 2.45) is 11.0 Å². The number of hydrazone groups is 1. The van der Waals surface area contributed by atoms with Gasteiger partial charge in [-0.25, -0.2) is 5.53 Å². The second-order valence-corrected chi connectivity index (χ2v) is 3.64. The lowest BCUT2D eigenvalue weighted by molar-refractivity contribution is -0.129. The lowest BCUT2D eigenvalue weighted by atomic mass is 9.96. The molecule has 2 aliphatic rings. The predicted octanol–water partition coefficient (Wildman–Crippen LogP) is -0.829. The molecule has 2 aliphatic heterocycles. The molecule has 2 rings (SSSR count). The zero-order valence-corrected chi connectivity index (χ0v) is 8.21. The van der Waals surface area contributed by atoms with Crippen LogP contribution >= 0.6 is 0 Å². The van der Waals surface area contributed by atoms with E-state index in [2.05, 4.69) is 21.6 Å². The molecule has 0 atom stereocenters. The maximum atomic E-state index is 11.1. The molecule has 0 bridgehead atoms. The molecule has 1 saturated heterocycles. The van der Waals surface area contributed by atoms with Gasteiger partial charge in [-0.1, -0.05) is 0 Å². The smallest absolute Gasteiger partial charge is 0.219 e. The van der Waals surface area contributed by atoms with Crippen LogP contribution in [-0.2, 0) is 4.79 Å². The normalized spacial score (nSPS) is 22.6. The Morgan fingerprint density at radius 2 is 2.21 bits per heavy atom. The maximum absolute atomic E-state index is 11.1. The lowest BCUT2D eigenvalue weighted by Gasteiger charge is -2.30. The second-order valence-electron chi connectivity index (χ2n) is 3.64. The third-order valence-corrected chi connectivity index (χ3v) is 2.75. The second kappa shape index (κ2) is 3.83. The maximum Gasteiger partial charge on any atom is 0.219 e. The molecule has 0 unspecified atom stereocenters. The van der Waals surface area contributed by atoms with Gasteiger partial charge in [0.1, 0.15) is 5.84 Å². The summed E-state index contributed by atoms with van der Waals surface area (Å²) in [6.45, 7) is 3.29. The SMILES string of the molecule is CC(=O)N1CCC(C2=NNNN2)CC1. The van der Waals surface area contributed by atoms with Crippen LogP contribution in [0.3, 0.4) is 0 Å². The standard InChI is InChI=1S/C8H15N5O/c1-6(14)13-4-2-7(3-5-13)8-9-11-12-10-8/h7,11-12H,2-5H2,1H3,(H,9,10). The highest BCUT2D eigenvalue weighted by Gasteiger charge is 2.25. The number of hydrazine groups is 2. The topological polar surface area (TPSA) is 68.8 Å². The van der Waals surface area contributed by atoms with E-state index in [-0.39, 0.29) is 5.91 Å². The summed E-state index contributed by atoms with van der Waals surface area (Å²) in [5, 5.41) is 4.07. The van der Waals surface area contributed by atoms with Crippen molar-refractivity contribution in [1.82, 2.24) is 21.4 Å². The number of amidine groups is 1. The summed E-state index contributed by atoms with van der Waals surface area (Å²) in [4.78, 5) is 13.0. The zero-order chi connectivity index (χ0) is 9.97. The fraction of sp³-hybridized carbons (Fsp3) is 0.750. The van der Waals surface area contributed by atoms with Gasteiger partial charge < -0.3 is 4.90 Å². The van der Waals surface area contributed by atoms with Crippen LogP contribution in [0.25, 0.3) is 0 Å². The Kier molecular flexibility index (Phi) is 2.53. The van der Waals surface area contributed by atoms with E-state index >= 15 is 0 Å². The Hall–Kier alpha value is -1.30. The van der Waals surface area contributed by atoms with E-state index in [0.717, 1.165) is 31.8 Å². The van der Waals surface area contributed by atoms with E-state index in [4.69, 9.17) is 0 Å². The van der Waals surface area contributed by atoms with Gasteiger partial charge in [-0.15, -0.1) is 10.6 Å². The summed E-state index contributed by atoms with van der Waals surface area (Å²) in [6, 6.07) is 0. The fourth-order valence-corrected chi connectivity index (χ4v) is 1.87. The molecule has 0 aromatic carbocycles. The molecule has 6 heteroatoms. The number of likely N-dealkylation sites (tertiary alicyclic amines) is 1. The van der Waals surface area contributed by atoms with Gasteiger partial charge in [0.25, 0.3) is 0 Å². The Morgan fingerprint density at radius 1 is 1.50 bits per heavy atom. The van der Waals surface area contributed by atoms with Gasteiger partial charge >= 0.3 is 0 Å². The van der Waals surface area contributed by atoms with Crippen LogP contribution in [0.1, 0.15) is 19.8 Å². The molecule has 3 N–H and O–H groups in total. The van der Waals surface area contributed by atoms with E-state index in [1.165, 1.54) is 0 Å². The first-order valence-corrected chi connectivity index (χ1v) is 4.86. The number of amides is 1. The van der Waals surface area contributed by atoms with Crippen molar-refractivity contribution in [1.29, 1.82) is 0 Å². The molecule has 1 fully saturated rings. The number of hydrogen-bond donors (Lipinski definition) is 3. The first kappa shape index (κ1) is 9.26. The molecule has 0 aromatic rings. The van der Waals surface area contributed by atoms with E-state index in [0.29, 0.717) is 5.92 Å². The number of carbonyl (C=O) groups is 1. The minimum absolute atomic E-state index is 0.168. The van der Waals surface area contributed by atoms with Gasteiger partial charge in [0, 0.05) is 25.9 Å². The van der Waals surface area contributed by atoms with Gasteiger partial charge in [-0.05, 0) is 12.8 Å². The van der Waals surface area contributed by atoms with E-state index in [1.54, 1.807) is 6.92 Å². The predicted molar refractivity (Wildman–Crippen MR) is 51.8 cm³/mol. The number of nitrogens with one attached hydrogen (secondary N) is 3. The Balaban J connectivity index is 1.86. The average molecular weight is 197 g/mol. The molecule has 0 spiro atoms. The van der Waals surface area contributed by atoms with Crippen LogP contribution in [0.15, 0.2) is 5.10 Å². The van der Waals surface area contributed by atoms with Gasteiger partial charge in [-0.2, -0.15) is 0 Å². The molecule has 0 radical (unpaired) electrons. The van der Waals surface area contributed by atoms with Crippen molar-refractivity contribution in [2.75, 3.05) is 13.1 Å². The summed E-state index contributed by atoms with van der Waals surface area (Å²) in [5.74, 6) is 1.56. The summed E-state index contributed by atoms with van der Waals surface area (Å²) in [5.41, 5.74) is 8.33. The monoisotopic (exact) mass is 197 g/mol. The summed E-state index contributed by atoms with van der Waals surface area (Å²) in [6.07, 6.45) is 1.96. The molecular weight excluding hydrogens is 182 g/mol. The van der Waals surface area contributed by atoms with Gasteiger partial charge in [0.2, 0.25) is 5.91 Å².